The van der Waals surface area contributed by atoms with Gasteiger partial charge in [0, 0.05) is 31.0 Å². The minimum absolute atomic E-state index is 0.324. The summed E-state index contributed by atoms with van der Waals surface area (Å²) in [4.78, 5) is 3.98. The number of hydrogen-bond donors (Lipinski definition) is 1. The lowest BCUT2D eigenvalue weighted by Crippen LogP contribution is -2.16. The van der Waals surface area contributed by atoms with Crippen LogP contribution in [0, 0.1) is 17.1 Å². The number of nitrogens with zero attached hydrogens (tertiary/aromatic N) is 3. The zero-order valence-corrected chi connectivity index (χ0v) is 11.2. The molecule has 0 saturated heterocycles. The van der Waals surface area contributed by atoms with Gasteiger partial charge in [-0.1, -0.05) is 6.07 Å². The van der Waals surface area contributed by atoms with Crippen LogP contribution in [0.3, 0.4) is 0 Å². The number of imidazole rings is 1. The SMILES string of the molecule is N#Cc1ccc(CNCCCCn2ccnc2)c(F)c1. The molecule has 20 heavy (non-hydrogen) atoms. The molecule has 2 aromatic rings. The van der Waals surface area contributed by atoms with Crippen LogP contribution in [0.1, 0.15) is 24.0 Å². The predicted octanol–water partition coefficient (Wildman–Crippen LogP) is 2.46. The second-order valence-corrected chi connectivity index (χ2v) is 4.60. The molecular weight excluding hydrogens is 255 g/mol. The molecule has 4 nitrogen and oxygen atoms in total. The van der Waals surface area contributed by atoms with Crippen molar-refractivity contribution in [2.75, 3.05) is 6.54 Å². The molecule has 0 fully saturated rings. The van der Waals surface area contributed by atoms with Crippen LogP contribution in [-0.4, -0.2) is 16.1 Å². The van der Waals surface area contributed by atoms with E-state index >= 15 is 0 Å². The fourth-order valence-electron chi connectivity index (χ4n) is 1.95. The molecule has 0 amide bonds. The van der Waals surface area contributed by atoms with E-state index in [0.717, 1.165) is 25.9 Å². The van der Waals surface area contributed by atoms with Crippen LogP contribution < -0.4 is 5.32 Å². The Kier molecular flexibility index (Phi) is 5.27. The van der Waals surface area contributed by atoms with E-state index in [2.05, 4.69) is 10.3 Å². The third-order valence-corrected chi connectivity index (χ3v) is 3.08. The van der Waals surface area contributed by atoms with E-state index in [1.165, 1.54) is 6.07 Å². The number of rotatable bonds is 7. The average Bonchev–Trinajstić information content (AvgIpc) is 2.97. The van der Waals surface area contributed by atoms with E-state index in [4.69, 9.17) is 5.26 Å². The van der Waals surface area contributed by atoms with Gasteiger partial charge in [-0.25, -0.2) is 9.37 Å². The number of hydrogen-bond acceptors (Lipinski definition) is 3. The smallest absolute Gasteiger partial charge is 0.129 e. The topological polar surface area (TPSA) is 53.6 Å². The zero-order valence-electron chi connectivity index (χ0n) is 11.2. The molecule has 0 spiro atoms. The van der Waals surface area contributed by atoms with Crippen molar-refractivity contribution in [1.82, 2.24) is 14.9 Å². The fourth-order valence-corrected chi connectivity index (χ4v) is 1.95. The first kappa shape index (κ1) is 14.2. The molecule has 0 aliphatic carbocycles. The van der Waals surface area contributed by atoms with E-state index in [-0.39, 0.29) is 5.82 Å². The van der Waals surface area contributed by atoms with Crippen LogP contribution in [-0.2, 0) is 13.1 Å². The molecule has 0 aliphatic rings. The van der Waals surface area contributed by atoms with Gasteiger partial charge in [0.15, 0.2) is 0 Å². The lowest BCUT2D eigenvalue weighted by molar-refractivity contribution is 0.552. The summed E-state index contributed by atoms with van der Waals surface area (Å²) in [6, 6.07) is 6.50. The minimum atomic E-state index is -0.324. The number of unbranched alkanes of at least 4 members (excludes halogenated alkanes) is 1. The van der Waals surface area contributed by atoms with Gasteiger partial charge in [0.2, 0.25) is 0 Å². The average molecular weight is 272 g/mol. The van der Waals surface area contributed by atoms with E-state index in [1.807, 2.05) is 16.8 Å². The molecule has 0 radical (unpaired) electrons. The summed E-state index contributed by atoms with van der Waals surface area (Å²) in [5, 5.41) is 11.9. The molecular formula is C15H17FN4. The molecule has 1 aromatic carbocycles. The molecule has 5 heteroatoms. The van der Waals surface area contributed by atoms with Gasteiger partial charge >= 0.3 is 0 Å². The standard InChI is InChI=1S/C15H17FN4/c16-15-9-13(10-17)3-4-14(15)11-18-5-1-2-7-20-8-6-19-12-20/h3-4,6,8-9,12,18H,1-2,5,7,11H2. The molecule has 104 valence electrons. The van der Waals surface area contributed by atoms with Crippen molar-refractivity contribution in [3.63, 3.8) is 0 Å². The van der Waals surface area contributed by atoms with Crippen LogP contribution in [0.2, 0.25) is 0 Å². The number of aromatic nitrogens is 2. The predicted molar refractivity (Wildman–Crippen MR) is 74.3 cm³/mol. The second-order valence-electron chi connectivity index (χ2n) is 4.60. The molecule has 1 N–H and O–H groups in total. The van der Waals surface area contributed by atoms with Gasteiger partial charge in [0.05, 0.1) is 18.0 Å². The van der Waals surface area contributed by atoms with Crippen LogP contribution in [0.25, 0.3) is 0 Å². The van der Waals surface area contributed by atoms with Crippen LogP contribution >= 0.6 is 0 Å². The van der Waals surface area contributed by atoms with Crippen molar-refractivity contribution in [3.05, 3.63) is 53.9 Å². The van der Waals surface area contributed by atoms with Crippen molar-refractivity contribution in [2.24, 2.45) is 0 Å². The largest absolute Gasteiger partial charge is 0.337 e. The van der Waals surface area contributed by atoms with Gasteiger partial charge in [0.25, 0.3) is 0 Å². The Balaban J connectivity index is 1.65. The number of nitrogens with one attached hydrogen (secondary N) is 1. The summed E-state index contributed by atoms with van der Waals surface area (Å²) >= 11 is 0. The van der Waals surface area contributed by atoms with Gasteiger partial charge < -0.3 is 9.88 Å². The number of benzene rings is 1. The van der Waals surface area contributed by atoms with Gasteiger partial charge in [0.1, 0.15) is 5.82 Å². The maximum absolute atomic E-state index is 13.6. The summed E-state index contributed by atoms with van der Waals surface area (Å²) in [7, 11) is 0. The highest BCUT2D eigenvalue weighted by Crippen LogP contribution is 2.09. The lowest BCUT2D eigenvalue weighted by Gasteiger charge is -2.06. The molecule has 2 rings (SSSR count). The highest BCUT2D eigenvalue weighted by Gasteiger charge is 2.02. The van der Waals surface area contributed by atoms with Gasteiger partial charge in [-0.15, -0.1) is 0 Å². The van der Waals surface area contributed by atoms with Crippen molar-refractivity contribution < 1.29 is 4.39 Å². The van der Waals surface area contributed by atoms with Crippen molar-refractivity contribution in [3.8, 4) is 6.07 Å². The van der Waals surface area contributed by atoms with Gasteiger partial charge in [-0.05, 0) is 31.5 Å². The summed E-state index contributed by atoms with van der Waals surface area (Å²) < 4.78 is 15.6. The Morgan fingerprint density at radius 3 is 2.95 bits per heavy atom. The summed E-state index contributed by atoms with van der Waals surface area (Å²) in [5.74, 6) is -0.324. The molecule has 0 unspecified atom stereocenters. The Hall–Kier alpha value is -2.19. The maximum Gasteiger partial charge on any atom is 0.129 e. The van der Waals surface area contributed by atoms with Crippen molar-refractivity contribution in [1.29, 1.82) is 5.26 Å². The molecule has 0 saturated carbocycles. The van der Waals surface area contributed by atoms with E-state index in [0.29, 0.717) is 17.7 Å². The zero-order chi connectivity index (χ0) is 14.2. The third-order valence-electron chi connectivity index (χ3n) is 3.08. The molecule has 0 bridgehead atoms. The maximum atomic E-state index is 13.6. The first-order chi connectivity index (χ1) is 9.79. The van der Waals surface area contributed by atoms with Gasteiger partial charge in [-0.2, -0.15) is 5.26 Å². The van der Waals surface area contributed by atoms with E-state index in [1.54, 1.807) is 24.7 Å². The quantitative estimate of drug-likeness (QED) is 0.788. The van der Waals surface area contributed by atoms with Crippen molar-refractivity contribution in [2.45, 2.75) is 25.9 Å². The summed E-state index contributed by atoms with van der Waals surface area (Å²) in [6.45, 7) is 2.28. The van der Waals surface area contributed by atoms with Crippen LogP contribution in [0.5, 0.6) is 0 Å². The molecule has 0 aliphatic heterocycles. The van der Waals surface area contributed by atoms with Crippen molar-refractivity contribution >= 4 is 0 Å². The highest BCUT2D eigenvalue weighted by molar-refractivity contribution is 5.32. The fraction of sp³-hybridized carbons (Fsp3) is 0.333. The van der Waals surface area contributed by atoms with E-state index < -0.39 is 0 Å². The number of nitriles is 1. The van der Waals surface area contributed by atoms with Crippen LogP contribution in [0.4, 0.5) is 4.39 Å². The lowest BCUT2D eigenvalue weighted by atomic mass is 10.1. The Morgan fingerprint density at radius 2 is 2.25 bits per heavy atom. The Labute approximate surface area is 117 Å². The summed E-state index contributed by atoms with van der Waals surface area (Å²) in [6.07, 6.45) is 7.60. The summed E-state index contributed by atoms with van der Waals surface area (Å²) in [5.41, 5.74) is 0.949. The first-order valence-electron chi connectivity index (χ1n) is 6.64. The molecule has 1 aromatic heterocycles. The Bertz CT molecular complexity index is 572. The monoisotopic (exact) mass is 272 g/mol. The first-order valence-corrected chi connectivity index (χ1v) is 6.64. The number of aryl methyl sites for hydroxylation is 1. The highest BCUT2D eigenvalue weighted by atomic mass is 19.1. The second kappa shape index (κ2) is 7.41. The molecule has 1 heterocycles. The van der Waals surface area contributed by atoms with E-state index in [9.17, 15) is 4.39 Å². The van der Waals surface area contributed by atoms with Gasteiger partial charge in [-0.3, -0.25) is 0 Å². The normalized spacial score (nSPS) is 10.4. The van der Waals surface area contributed by atoms with Crippen LogP contribution in [0.15, 0.2) is 36.9 Å². The minimum Gasteiger partial charge on any atom is -0.337 e. The Morgan fingerprint density at radius 1 is 1.35 bits per heavy atom. The number of halogens is 1. The molecule has 0 atom stereocenters. The third kappa shape index (κ3) is 4.18.